The number of nitrogens with zero attached hydrogens (tertiary/aromatic N) is 2. The number of anilines is 1. The van der Waals surface area contributed by atoms with E-state index in [0.29, 0.717) is 0 Å². The molecule has 1 heterocycles. The van der Waals surface area contributed by atoms with Gasteiger partial charge in [0.25, 0.3) is 0 Å². The lowest BCUT2D eigenvalue weighted by Crippen LogP contribution is -2.17. The summed E-state index contributed by atoms with van der Waals surface area (Å²) in [7, 11) is 1.64. The number of hydrogen-bond acceptors (Lipinski definition) is 4. The topological polar surface area (TPSA) is 47.0 Å². The molecule has 4 heteroatoms. The van der Waals surface area contributed by atoms with Gasteiger partial charge in [0.1, 0.15) is 18.4 Å². The Morgan fingerprint density at radius 1 is 1.64 bits per heavy atom. The number of methoxy groups -OCH3 is 1. The minimum absolute atomic E-state index is 0.0232. The SMILES string of the molecule is COC(C)Nc1ccncn1. The molecule has 1 rings (SSSR count). The molecule has 0 aliphatic carbocycles. The van der Waals surface area contributed by atoms with Crippen molar-refractivity contribution in [2.24, 2.45) is 0 Å². The highest BCUT2D eigenvalue weighted by atomic mass is 16.5. The van der Waals surface area contributed by atoms with Gasteiger partial charge in [0, 0.05) is 13.3 Å². The van der Waals surface area contributed by atoms with Crippen LogP contribution in [0.3, 0.4) is 0 Å². The largest absolute Gasteiger partial charge is 0.362 e. The van der Waals surface area contributed by atoms with E-state index in [1.54, 1.807) is 19.4 Å². The molecule has 0 saturated heterocycles. The Morgan fingerprint density at radius 2 is 2.45 bits per heavy atom. The van der Waals surface area contributed by atoms with E-state index in [-0.39, 0.29) is 6.23 Å². The lowest BCUT2D eigenvalue weighted by molar-refractivity contribution is 0.140. The summed E-state index contributed by atoms with van der Waals surface area (Å²) in [5.41, 5.74) is 0. The van der Waals surface area contributed by atoms with Crippen molar-refractivity contribution < 1.29 is 4.74 Å². The van der Waals surface area contributed by atoms with Gasteiger partial charge in [-0.15, -0.1) is 0 Å². The van der Waals surface area contributed by atoms with Gasteiger partial charge in [-0.05, 0) is 13.0 Å². The molecule has 0 radical (unpaired) electrons. The lowest BCUT2D eigenvalue weighted by atomic mass is 10.5. The minimum atomic E-state index is -0.0232. The first-order valence-corrected chi connectivity index (χ1v) is 3.38. The summed E-state index contributed by atoms with van der Waals surface area (Å²) in [5, 5.41) is 3.02. The number of rotatable bonds is 3. The maximum absolute atomic E-state index is 4.98. The predicted octanol–water partition coefficient (Wildman–Crippen LogP) is 0.881. The van der Waals surface area contributed by atoms with Crippen LogP contribution in [0, 0.1) is 0 Å². The van der Waals surface area contributed by atoms with Crippen molar-refractivity contribution in [1.29, 1.82) is 0 Å². The molecule has 0 amide bonds. The molecule has 1 atom stereocenters. The van der Waals surface area contributed by atoms with Crippen molar-refractivity contribution in [2.75, 3.05) is 12.4 Å². The molecule has 0 bridgehead atoms. The van der Waals surface area contributed by atoms with Crippen LogP contribution in [0.1, 0.15) is 6.92 Å². The van der Waals surface area contributed by atoms with Crippen LogP contribution < -0.4 is 5.32 Å². The number of hydrogen-bond donors (Lipinski definition) is 1. The summed E-state index contributed by atoms with van der Waals surface area (Å²) in [5.74, 6) is 0.773. The highest BCUT2D eigenvalue weighted by molar-refractivity contribution is 5.31. The molecular weight excluding hydrogens is 142 g/mol. The van der Waals surface area contributed by atoms with Crippen LogP contribution >= 0.6 is 0 Å². The van der Waals surface area contributed by atoms with E-state index >= 15 is 0 Å². The first-order valence-electron chi connectivity index (χ1n) is 3.38. The maximum atomic E-state index is 4.98. The fourth-order valence-electron chi connectivity index (χ4n) is 0.643. The zero-order chi connectivity index (χ0) is 8.10. The van der Waals surface area contributed by atoms with E-state index in [2.05, 4.69) is 15.3 Å². The van der Waals surface area contributed by atoms with Crippen LogP contribution in [-0.2, 0) is 4.74 Å². The van der Waals surface area contributed by atoms with Gasteiger partial charge < -0.3 is 10.1 Å². The summed E-state index contributed by atoms with van der Waals surface area (Å²) in [6.45, 7) is 1.90. The third kappa shape index (κ3) is 2.51. The Kier molecular flexibility index (Phi) is 2.80. The first-order chi connectivity index (χ1) is 5.33. The zero-order valence-corrected chi connectivity index (χ0v) is 6.61. The molecule has 0 spiro atoms. The fourth-order valence-corrected chi connectivity index (χ4v) is 0.643. The normalized spacial score (nSPS) is 12.5. The average molecular weight is 153 g/mol. The van der Waals surface area contributed by atoms with Gasteiger partial charge in [-0.25, -0.2) is 9.97 Å². The molecule has 11 heavy (non-hydrogen) atoms. The molecule has 1 N–H and O–H groups in total. The second kappa shape index (κ2) is 3.88. The van der Waals surface area contributed by atoms with E-state index in [1.165, 1.54) is 6.33 Å². The van der Waals surface area contributed by atoms with E-state index in [4.69, 9.17) is 4.74 Å². The van der Waals surface area contributed by atoms with Gasteiger partial charge in [-0.1, -0.05) is 0 Å². The van der Waals surface area contributed by atoms with Crippen molar-refractivity contribution in [3.63, 3.8) is 0 Å². The summed E-state index contributed by atoms with van der Waals surface area (Å²) in [6.07, 6.45) is 3.15. The molecule has 0 aliphatic rings. The van der Waals surface area contributed by atoms with E-state index in [9.17, 15) is 0 Å². The second-order valence-electron chi connectivity index (χ2n) is 2.12. The highest BCUT2D eigenvalue weighted by Gasteiger charge is 1.97. The molecule has 1 unspecified atom stereocenters. The van der Waals surface area contributed by atoms with E-state index < -0.39 is 0 Å². The van der Waals surface area contributed by atoms with Gasteiger partial charge in [-0.3, -0.25) is 0 Å². The molecule has 4 nitrogen and oxygen atoms in total. The summed E-state index contributed by atoms with van der Waals surface area (Å²) >= 11 is 0. The van der Waals surface area contributed by atoms with Crippen LogP contribution in [-0.4, -0.2) is 23.3 Å². The molecule has 0 fully saturated rings. The Balaban J connectivity index is 2.51. The molecule has 0 aliphatic heterocycles. The highest BCUT2D eigenvalue weighted by Crippen LogP contribution is 2.00. The summed E-state index contributed by atoms with van der Waals surface area (Å²) in [4.78, 5) is 7.75. The maximum Gasteiger partial charge on any atom is 0.131 e. The third-order valence-corrected chi connectivity index (χ3v) is 1.29. The quantitative estimate of drug-likeness (QED) is 0.655. The van der Waals surface area contributed by atoms with Gasteiger partial charge in [0.05, 0.1) is 0 Å². The van der Waals surface area contributed by atoms with Crippen molar-refractivity contribution in [1.82, 2.24) is 9.97 Å². The number of ether oxygens (including phenoxy) is 1. The Hall–Kier alpha value is -1.16. The van der Waals surface area contributed by atoms with Crippen LogP contribution in [0.15, 0.2) is 18.6 Å². The smallest absolute Gasteiger partial charge is 0.131 e. The van der Waals surface area contributed by atoms with Gasteiger partial charge in [0.15, 0.2) is 0 Å². The van der Waals surface area contributed by atoms with Crippen LogP contribution in [0.2, 0.25) is 0 Å². The third-order valence-electron chi connectivity index (χ3n) is 1.29. The van der Waals surface area contributed by atoms with Crippen molar-refractivity contribution in [3.05, 3.63) is 18.6 Å². The monoisotopic (exact) mass is 153 g/mol. The first kappa shape index (κ1) is 7.94. The van der Waals surface area contributed by atoms with Crippen molar-refractivity contribution >= 4 is 5.82 Å². The minimum Gasteiger partial charge on any atom is -0.362 e. The summed E-state index contributed by atoms with van der Waals surface area (Å²) < 4.78 is 4.98. The van der Waals surface area contributed by atoms with E-state index in [1.807, 2.05) is 6.92 Å². The van der Waals surface area contributed by atoms with Crippen LogP contribution in [0.25, 0.3) is 0 Å². The molecule has 0 aromatic carbocycles. The molecule has 0 saturated carbocycles. The second-order valence-corrected chi connectivity index (χ2v) is 2.12. The summed E-state index contributed by atoms with van der Waals surface area (Å²) in [6, 6.07) is 1.79. The zero-order valence-electron chi connectivity index (χ0n) is 6.61. The Labute approximate surface area is 65.6 Å². The number of nitrogens with one attached hydrogen (secondary N) is 1. The molecule has 1 aromatic heterocycles. The van der Waals surface area contributed by atoms with Crippen molar-refractivity contribution in [2.45, 2.75) is 13.2 Å². The van der Waals surface area contributed by atoms with Crippen LogP contribution in [0.5, 0.6) is 0 Å². The molecule has 60 valence electrons. The van der Waals surface area contributed by atoms with Gasteiger partial charge >= 0.3 is 0 Å². The van der Waals surface area contributed by atoms with Crippen molar-refractivity contribution in [3.8, 4) is 0 Å². The fraction of sp³-hybridized carbons (Fsp3) is 0.429. The molecular formula is C7H11N3O. The van der Waals surface area contributed by atoms with Crippen LogP contribution in [0.4, 0.5) is 5.82 Å². The van der Waals surface area contributed by atoms with Gasteiger partial charge in [0.2, 0.25) is 0 Å². The number of aromatic nitrogens is 2. The Bertz CT molecular complexity index is 202. The standard InChI is InChI=1S/C7H11N3O/c1-6(11-2)10-7-3-4-8-5-9-7/h3-6H,1-2H3,(H,8,9,10). The molecule has 1 aromatic rings. The Morgan fingerprint density at radius 3 is 3.00 bits per heavy atom. The average Bonchev–Trinajstić information content (AvgIpc) is 2.06. The van der Waals surface area contributed by atoms with E-state index in [0.717, 1.165) is 5.82 Å². The predicted molar refractivity (Wildman–Crippen MR) is 42.1 cm³/mol. The van der Waals surface area contributed by atoms with Gasteiger partial charge in [-0.2, -0.15) is 0 Å². The lowest BCUT2D eigenvalue weighted by Gasteiger charge is -2.11.